The quantitative estimate of drug-likeness (QED) is 0.505. The van der Waals surface area contributed by atoms with Gasteiger partial charge in [0.15, 0.2) is 0 Å². The van der Waals surface area contributed by atoms with Crippen molar-refractivity contribution in [3.05, 3.63) is 84.1 Å². The van der Waals surface area contributed by atoms with Crippen LogP contribution in [0.2, 0.25) is 0 Å². The van der Waals surface area contributed by atoms with E-state index in [1.807, 2.05) is 42.5 Å². The van der Waals surface area contributed by atoms with Crippen molar-refractivity contribution in [1.29, 1.82) is 0 Å². The van der Waals surface area contributed by atoms with Gasteiger partial charge in [-0.05, 0) is 36.1 Å². The predicted molar refractivity (Wildman–Crippen MR) is 113 cm³/mol. The maximum Gasteiger partial charge on any atom is 0.410 e. The van der Waals surface area contributed by atoms with Gasteiger partial charge in [0.2, 0.25) is 0 Å². The maximum absolute atomic E-state index is 12.6. The lowest BCUT2D eigenvalue weighted by molar-refractivity contribution is 0.0283. The van der Waals surface area contributed by atoms with Crippen LogP contribution in [0.1, 0.15) is 22.3 Å². The fraction of sp³-hybridized carbons (Fsp3) is 0.333. The topological polar surface area (TPSA) is 65.1 Å². The highest BCUT2D eigenvalue weighted by Gasteiger charge is 2.30. The van der Waals surface area contributed by atoms with E-state index in [-0.39, 0.29) is 37.1 Å². The molecule has 0 radical (unpaired) electrons. The van der Waals surface area contributed by atoms with Crippen LogP contribution in [0.5, 0.6) is 0 Å². The predicted octanol–water partition coefficient (Wildman–Crippen LogP) is 4.28. The van der Waals surface area contributed by atoms with E-state index in [0.29, 0.717) is 18.7 Å². The van der Waals surface area contributed by atoms with Gasteiger partial charge in [0.25, 0.3) is 0 Å². The molecule has 0 unspecified atom stereocenters. The van der Waals surface area contributed by atoms with Crippen molar-refractivity contribution in [2.75, 3.05) is 26.8 Å². The molecule has 1 saturated heterocycles. The van der Waals surface area contributed by atoms with Crippen LogP contribution >= 0.6 is 0 Å². The van der Waals surface area contributed by atoms with Crippen molar-refractivity contribution in [1.82, 2.24) is 4.90 Å². The lowest BCUT2D eigenvalue weighted by atomic mass is 9.90. The van der Waals surface area contributed by atoms with E-state index >= 15 is 0 Å². The van der Waals surface area contributed by atoms with Crippen LogP contribution in [0.4, 0.5) is 4.79 Å². The number of carbonyl (C=O) groups is 2. The first-order valence-corrected chi connectivity index (χ1v) is 10.0. The summed E-state index contributed by atoms with van der Waals surface area (Å²) in [5.74, 6) is -0.242. The number of amides is 1. The monoisotopic (exact) mass is 409 g/mol. The number of hydrogen-bond donors (Lipinski definition) is 0. The minimum absolute atomic E-state index is 0.0159. The third-order valence-corrected chi connectivity index (χ3v) is 4.98. The fourth-order valence-corrected chi connectivity index (χ4v) is 3.51. The van der Waals surface area contributed by atoms with Gasteiger partial charge in [-0.3, -0.25) is 0 Å². The van der Waals surface area contributed by atoms with Gasteiger partial charge in [-0.1, -0.05) is 48.5 Å². The minimum atomic E-state index is -0.367. The molecule has 0 saturated carbocycles. The highest BCUT2D eigenvalue weighted by atomic mass is 16.6. The molecule has 1 amide bonds. The summed E-state index contributed by atoms with van der Waals surface area (Å²) < 4.78 is 16.0. The molecule has 2 aromatic carbocycles. The van der Waals surface area contributed by atoms with Gasteiger partial charge in [0, 0.05) is 19.0 Å². The molecule has 30 heavy (non-hydrogen) atoms. The molecular formula is C24H27NO5. The summed E-state index contributed by atoms with van der Waals surface area (Å²) in [6.45, 7) is 1.49. The molecule has 1 aliphatic rings. The zero-order chi connectivity index (χ0) is 21.2. The second-order valence-corrected chi connectivity index (χ2v) is 7.34. The van der Waals surface area contributed by atoms with E-state index in [1.54, 1.807) is 42.5 Å². The smallest absolute Gasteiger partial charge is 0.410 e. The second-order valence-electron chi connectivity index (χ2n) is 7.34. The van der Waals surface area contributed by atoms with Gasteiger partial charge in [0.1, 0.15) is 6.61 Å². The first-order chi connectivity index (χ1) is 14.7. The van der Waals surface area contributed by atoms with E-state index in [4.69, 9.17) is 14.2 Å². The molecule has 158 valence electrons. The van der Waals surface area contributed by atoms with Crippen LogP contribution in [0.3, 0.4) is 0 Å². The third-order valence-electron chi connectivity index (χ3n) is 4.98. The van der Waals surface area contributed by atoms with E-state index in [9.17, 15) is 9.59 Å². The lowest BCUT2D eigenvalue weighted by Gasteiger charge is -2.35. The van der Waals surface area contributed by atoms with Gasteiger partial charge in [-0.15, -0.1) is 0 Å². The molecule has 1 heterocycles. The van der Waals surface area contributed by atoms with Gasteiger partial charge in [-0.2, -0.15) is 0 Å². The molecule has 2 atom stereocenters. The number of hydrogen-bond acceptors (Lipinski definition) is 5. The number of rotatable bonds is 7. The van der Waals surface area contributed by atoms with Crippen LogP contribution < -0.4 is 0 Å². The summed E-state index contributed by atoms with van der Waals surface area (Å²) in [6, 6.07) is 18.5. The number of likely N-dealkylation sites (tertiary alicyclic amines) is 1. The number of carbonyl (C=O) groups excluding carboxylic acids is 2. The Bertz CT molecular complexity index is 837. The third kappa shape index (κ3) is 6.37. The molecule has 0 spiro atoms. The molecule has 3 rings (SSSR count). The Labute approximate surface area is 177 Å². The summed E-state index contributed by atoms with van der Waals surface area (Å²) >= 11 is 0. The number of ether oxygens (including phenoxy) is 3. The minimum Gasteiger partial charge on any atom is -0.505 e. The maximum atomic E-state index is 12.6. The summed E-state index contributed by atoms with van der Waals surface area (Å²) in [4.78, 5) is 26.6. The number of piperidine rings is 1. The Hall–Kier alpha value is -3.28. The SMILES string of the molecule is CO/C=C/[C@H]1C[C@@H](COC(=O)c2ccccc2)CN(C(=O)OCc2ccccc2)C1. The van der Waals surface area contributed by atoms with Crippen LogP contribution in [0, 0.1) is 11.8 Å². The molecule has 0 bridgehead atoms. The number of nitrogens with zero attached hydrogens (tertiary/aromatic N) is 1. The van der Waals surface area contributed by atoms with Crippen molar-refractivity contribution in [3.8, 4) is 0 Å². The van der Waals surface area contributed by atoms with E-state index in [2.05, 4.69) is 0 Å². The van der Waals surface area contributed by atoms with Crippen molar-refractivity contribution < 1.29 is 23.8 Å². The van der Waals surface area contributed by atoms with Crippen molar-refractivity contribution >= 4 is 12.1 Å². The molecule has 0 N–H and O–H groups in total. The lowest BCUT2D eigenvalue weighted by Crippen LogP contribution is -2.45. The zero-order valence-corrected chi connectivity index (χ0v) is 17.1. The Balaban J connectivity index is 1.58. The van der Waals surface area contributed by atoms with E-state index < -0.39 is 0 Å². The van der Waals surface area contributed by atoms with Crippen LogP contribution in [0.15, 0.2) is 73.0 Å². The first-order valence-electron chi connectivity index (χ1n) is 10.0. The van der Waals surface area contributed by atoms with Crippen molar-refractivity contribution in [2.45, 2.75) is 13.0 Å². The Kier molecular flexibility index (Phi) is 7.89. The van der Waals surface area contributed by atoms with Gasteiger partial charge >= 0.3 is 12.1 Å². The molecule has 0 aromatic heterocycles. The normalized spacial score (nSPS) is 18.8. The fourth-order valence-electron chi connectivity index (χ4n) is 3.51. The highest BCUT2D eigenvalue weighted by molar-refractivity contribution is 5.89. The van der Waals surface area contributed by atoms with E-state index in [1.165, 1.54) is 0 Å². The standard InChI is InChI=1S/C24H27NO5/c1-28-13-12-20-14-21(18-29-23(26)22-10-6-3-7-11-22)16-25(15-20)24(27)30-17-19-8-4-2-5-9-19/h2-13,20-21H,14-18H2,1H3/b13-12+/t20-,21+/m0/s1. The van der Waals surface area contributed by atoms with Crippen LogP contribution in [-0.4, -0.2) is 43.8 Å². The summed E-state index contributed by atoms with van der Waals surface area (Å²) in [6.07, 6.45) is 3.98. The molecular weight excluding hydrogens is 382 g/mol. The molecule has 0 aliphatic carbocycles. The average Bonchev–Trinajstić information content (AvgIpc) is 2.80. The van der Waals surface area contributed by atoms with Gasteiger partial charge in [0.05, 0.1) is 25.5 Å². The van der Waals surface area contributed by atoms with Crippen LogP contribution in [-0.2, 0) is 20.8 Å². The molecule has 2 aromatic rings. The van der Waals surface area contributed by atoms with Crippen LogP contribution in [0.25, 0.3) is 0 Å². The van der Waals surface area contributed by atoms with Crippen molar-refractivity contribution in [3.63, 3.8) is 0 Å². The molecule has 6 heteroatoms. The number of benzene rings is 2. The molecule has 1 fully saturated rings. The Morgan fingerprint density at radius 2 is 1.70 bits per heavy atom. The van der Waals surface area contributed by atoms with Gasteiger partial charge in [-0.25, -0.2) is 9.59 Å². The largest absolute Gasteiger partial charge is 0.505 e. The summed E-state index contributed by atoms with van der Waals surface area (Å²) in [5.41, 5.74) is 1.45. The number of esters is 1. The molecule has 1 aliphatic heterocycles. The average molecular weight is 409 g/mol. The van der Waals surface area contributed by atoms with Gasteiger partial charge < -0.3 is 19.1 Å². The van der Waals surface area contributed by atoms with Crippen molar-refractivity contribution in [2.24, 2.45) is 11.8 Å². The summed E-state index contributed by atoms with van der Waals surface area (Å²) in [5, 5.41) is 0. The Morgan fingerprint density at radius 3 is 2.40 bits per heavy atom. The second kappa shape index (κ2) is 11.0. The van der Waals surface area contributed by atoms with E-state index in [0.717, 1.165) is 12.0 Å². The number of methoxy groups -OCH3 is 1. The molecule has 6 nitrogen and oxygen atoms in total. The summed E-state index contributed by atoms with van der Waals surface area (Å²) in [7, 11) is 1.59. The highest BCUT2D eigenvalue weighted by Crippen LogP contribution is 2.24. The Morgan fingerprint density at radius 1 is 1.00 bits per heavy atom. The zero-order valence-electron chi connectivity index (χ0n) is 17.1. The first kappa shape index (κ1) is 21.4.